The van der Waals surface area contributed by atoms with Crippen LogP contribution in [0.25, 0.3) is 0 Å². The Bertz CT molecular complexity index is 559. The van der Waals surface area contributed by atoms with Gasteiger partial charge < -0.3 is 4.74 Å². The molecule has 0 aromatic rings. The molecule has 0 aromatic heterocycles. The van der Waals surface area contributed by atoms with Gasteiger partial charge in [-0.15, -0.1) is 0 Å². The Kier molecular flexibility index (Phi) is 8.62. The summed E-state index contributed by atoms with van der Waals surface area (Å²) in [6, 6.07) is 0. The molecule has 0 bridgehead atoms. The van der Waals surface area contributed by atoms with E-state index in [-0.39, 0.29) is 12.4 Å². The van der Waals surface area contributed by atoms with E-state index in [4.69, 9.17) is 0 Å². The van der Waals surface area contributed by atoms with E-state index in [2.05, 4.69) is 4.74 Å². The van der Waals surface area contributed by atoms with Gasteiger partial charge in [0.1, 0.15) is 0 Å². The van der Waals surface area contributed by atoms with Crippen LogP contribution in [0, 0.1) is 0 Å². The number of hydrogen-bond acceptors (Lipinski definition) is 3. The van der Waals surface area contributed by atoms with E-state index in [1.165, 1.54) is 6.92 Å². The molecule has 0 aliphatic heterocycles. The lowest BCUT2D eigenvalue weighted by molar-refractivity contribution is -0.439. The summed E-state index contributed by atoms with van der Waals surface area (Å²) >= 11 is 0.304. The highest BCUT2D eigenvalue weighted by Crippen LogP contribution is 2.60. The van der Waals surface area contributed by atoms with Crippen LogP contribution in [-0.4, -0.2) is 59.9 Å². The van der Waals surface area contributed by atoms with Crippen molar-refractivity contribution < 1.29 is 66.6 Å². The van der Waals surface area contributed by atoms with Crippen LogP contribution in [0.15, 0.2) is 0 Å². The zero-order valence-corrected chi connectivity index (χ0v) is 15.0. The van der Waals surface area contributed by atoms with Gasteiger partial charge in [-0.2, -0.15) is 68.8 Å². The van der Waals surface area contributed by atoms with Crippen LogP contribution in [0.5, 0.6) is 0 Å². The fraction of sp³-hybridized carbons (Fsp3) is 0.923. The van der Waals surface area contributed by atoms with Crippen molar-refractivity contribution in [3.63, 3.8) is 0 Å². The number of hydrogen-bond donors (Lipinski definition) is 0. The normalized spacial score (nSPS) is 14.8. The van der Waals surface area contributed by atoms with E-state index < -0.39 is 60.4 Å². The summed E-state index contributed by atoms with van der Waals surface area (Å²) in [6.07, 6.45) is -10.1. The van der Waals surface area contributed by atoms with E-state index in [9.17, 15) is 61.9 Å². The Morgan fingerprint density at radius 1 is 0.724 bits per heavy atom. The first-order chi connectivity index (χ1) is 12.7. The molecule has 16 heteroatoms. The molecule has 0 aliphatic rings. The van der Waals surface area contributed by atoms with Crippen LogP contribution < -0.4 is 0 Å². The van der Waals surface area contributed by atoms with Crippen molar-refractivity contribution in [1.29, 1.82) is 0 Å². The number of rotatable bonds is 11. The van der Waals surface area contributed by atoms with Gasteiger partial charge in [0.05, 0.1) is 13.0 Å². The van der Waals surface area contributed by atoms with Crippen molar-refractivity contribution in [2.24, 2.45) is 0 Å². The van der Waals surface area contributed by atoms with Crippen LogP contribution in [0.3, 0.4) is 0 Å². The number of ether oxygens (including phenoxy) is 1. The quantitative estimate of drug-likeness (QED) is 0.213. The molecule has 2 nitrogen and oxygen atoms in total. The topological polar surface area (TPSA) is 26.3 Å². The second-order valence-corrected chi connectivity index (χ2v) is 6.64. The van der Waals surface area contributed by atoms with Crippen molar-refractivity contribution in [1.82, 2.24) is 0 Å². The molecule has 0 heterocycles. The number of esters is 1. The minimum atomic E-state index is -7.89. The Labute approximate surface area is 159 Å². The first kappa shape index (κ1) is 27.9. The van der Waals surface area contributed by atoms with Crippen LogP contribution in [-0.2, 0) is 9.53 Å². The summed E-state index contributed by atoms with van der Waals surface area (Å²) in [7, 11) is 0. The first-order valence-electron chi connectivity index (χ1n) is 7.40. The summed E-state index contributed by atoms with van der Waals surface area (Å²) in [4.78, 5) is 10.9. The molecule has 0 aliphatic carbocycles. The molecule has 0 atom stereocenters. The summed E-state index contributed by atoms with van der Waals surface area (Å²) in [5.74, 6) is -39.0. The standard InChI is InChI=1S/C13H13F13O2S/c1-2-28-7(27)3-5-29-6-4-8(14,15)9(16,17)10(18,19)11(20,21)12(22,23)13(24,25)26/h2-6H2,1H3. The molecule has 0 rings (SSSR count). The summed E-state index contributed by atoms with van der Waals surface area (Å²) < 4.78 is 172. The predicted molar refractivity (Wildman–Crippen MR) is 74.0 cm³/mol. The molecular weight excluding hydrogens is 467 g/mol. The first-order valence-corrected chi connectivity index (χ1v) is 8.55. The van der Waals surface area contributed by atoms with E-state index in [1.54, 1.807) is 0 Å². The fourth-order valence-electron chi connectivity index (χ4n) is 1.65. The zero-order valence-electron chi connectivity index (χ0n) is 14.2. The lowest BCUT2D eigenvalue weighted by atomic mass is 9.93. The lowest BCUT2D eigenvalue weighted by Crippen LogP contribution is -2.70. The van der Waals surface area contributed by atoms with Crippen LogP contribution in [0.4, 0.5) is 57.1 Å². The van der Waals surface area contributed by atoms with E-state index in [0.717, 1.165) is 0 Å². The third kappa shape index (κ3) is 5.34. The summed E-state index contributed by atoms with van der Waals surface area (Å²) in [5, 5.41) is 0. The number of thioether (sulfide) groups is 1. The maximum absolute atomic E-state index is 13.4. The van der Waals surface area contributed by atoms with Gasteiger partial charge in [0.2, 0.25) is 0 Å². The largest absolute Gasteiger partial charge is 0.466 e. The van der Waals surface area contributed by atoms with Crippen LogP contribution >= 0.6 is 11.8 Å². The van der Waals surface area contributed by atoms with Gasteiger partial charge in [-0.1, -0.05) is 0 Å². The fourth-order valence-corrected chi connectivity index (χ4v) is 2.57. The molecule has 0 radical (unpaired) electrons. The second-order valence-electron chi connectivity index (χ2n) is 5.42. The van der Waals surface area contributed by atoms with Gasteiger partial charge in [-0.3, -0.25) is 4.79 Å². The third-order valence-electron chi connectivity index (χ3n) is 3.31. The maximum Gasteiger partial charge on any atom is 0.460 e. The van der Waals surface area contributed by atoms with Crippen molar-refractivity contribution in [2.75, 3.05) is 18.1 Å². The average molecular weight is 480 g/mol. The molecule has 0 amide bonds. The molecule has 0 unspecified atom stereocenters. The van der Waals surface area contributed by atoms with Gasteiger partial charge in [-0.05, 0) is 12.7 Å². The maximum atomic E-state index is 13.4. The van der Waals surface area contributed by atoms with Gasteiger partial charge >= 0.3 is 41.8 Å². The van der Waals surface area contributed by atoms with Gasteiger partial charge in [0, 0.05) is 12.2 Å². The Morgan fingerprint density at radius 2 is 1.17 bits per heavy atom. The van der Waals surface area contributed by atoms with E-state index in [0.29, 0.717) is 11.8 Å². The second kappa shape index (κ2) is 8.96. The summed E-state index contributed by atoms with van der Waals surface area (Å²) in [6.45, 7) is 1.38. The summed E-state index contributed by atoms with van der Waals surface area (Å²) in [5.41, 5.74) is 0. The van der Waals surface area contributed by atoms with Crippen molar-refractivity contribution in [3.05, 3.63) is 0 Å². The molecule has 0 fully saturated rings. The molecule has 29 heavy (non-hydrogen) atoms. The predicted octanol–water partition coefficient (Wildman–Crippen LogP) is 5.80. The van der Waals surface area contributed by atoms with E-state index >= 15 is 0 Å². The van der Waals surface area contributed by atoms with Crippen molar-refractivity contribution in [3.8, 4) is 0 Å². The van der Waals surface area contributed by atoms with Gasteiger partial charge in [0.15, 0.2) is 0 Å². The molecule has 0 aromatic carbocycles. The molecular formula is C13H13F13O2S. The monoisotopic (exact) mass is 480 g/mol. The number of carbonyl (C=O) groups is 1. The Morgan fingerprint density at radius 3 is 1.59 bits per heavy atom. The highest BCUT2D eigenvalue weighted by Gasteiger charge is 2.90. The zero-order chi connectivity index (χ0) is 23.5. The Hall–Kier alpha value is -1.09. The lowest BCUT2D eigenvalue weighted by Gasteiger charge is -2.39. The Balaban J connectivity index is 5.37. The molecule has 174 valence electrons. The molecule has 0 N–H and O–H groups in total. The molecule has 0 saturated heterocycles. The minimum Gasteiger partial charge on any atom is -0.466 e. The highest BCUT2D eigenvalue weighted by atomic mass is 32.2. The molecule has 0 saturated carbocycles. The SMILES string of the molecule is CCOC(=O)CCSCCC(F)(F)C(F)(F)C(F)(F)C(F)(F)C(F)(F)C(F)(F)F. The van der Waals surface area contributed by atoms with Crippen LogP contribution in [0.2, 0.25) is 0 Å². The number of carbonyl (C=O) groups excluding carboxylic acids is 1. The average Bonchev–Trinajstić information content (AvgIpc) is 2.52. The third-order valence-corrected chi connectivity index (χ3v) is 4.30. The van der Waals surface area contributed by atoms with Gasteiger partial charge in [0.25, 0.3) is 0 Å². The smallest absolute Gasteiger partial charge is 0.460 e. The van der Waals surface area contributed by atoms with E-state index in [1.807, 2.05) is 0 Å². The highest BCUT2D eigenvalue weighted by molar-refractivity contribution is 7.99. The number of alkyl halides is 13. The van der Waals surface area contributed by atoms with Crippen molar-refractivity contribution >= 4 is 17.7 Å². The van der Waals surface area contributed by atoms with Gasteiger partial charge in [-0.25, -0.2) is 0 Å². The number of halogens is 13. The van der Waals surface area contributed by atoms with Crippen LogP contribution in [0.1, 0.15) is 19.8 Å². The minimum absolute atomic E-state index is 0.0420. The molecule has 0 spiro atoms. The van der Waals surface area contributed by atoms with Crippen molar-refractivity contribution in [2.45, 2.75) is 55.6 Å².